The van der Waals surface area contributed by atoms with Crippen LogP contribution in [0, 0.1) is 0 Å². The number of fused-ring (bicyclic) bond motifs is 1. The van der Waals surface area contributed by atoms with Crippen LogP contribution < -0.4 is 15.6 Å². The van der Waals surface area contributed by atoms with E-state index < -0.39 is 0 Å². The molecule has 3 aromatic rings. The molecule has 2 amide bonds. The van der Waals surface area contributed by atoms with Crippen molar-refractivity contribution < 1.29 is 18.7 Å². The molecule has 4 rings (SSSR count). The minimum absolute atomic E-state index is 0.101. The van der Waals surface area contributed by atoms with E-state index in [-0.39, 0.29) is 29.2 Å². The highest BCUT2D eigenvalue weighted by Gasteiger charge is 2.28. The van der Waals surface area contributed by atoms with Crippen molar-refractivity contribution in [1.29, 1.82) is 0 Å². The molecular formula is C24H25N3O5. The normalized spacial score (nSPS) is 14.2. The van der Waals surface area contributed by atoms with E-state index in [0.717, 1.165) is 0 Å². The molecule has 2 aromatic heterocycles. The number of carbonyl (C=O) groups excluding carboxylic acids is 2. The summed E-state index contributed by atoms with van der Waals surface area (Å²) in [4.78, 5) is 40.6. The van der Waals surface area contributed by atoms with Gasteiger partial charge in [0.2, 0.25) is 0 Å². The molecule has 0 saturated carbocycles. The van der Waals surface area contributed by atoms with Gasteiger partial charge in [0, 0.05) is 43.4 Å². The Kier molecular flexibility index (Phi) is 6.11. The van der Waals surface area contributed by atoms with Crippen molar-refractivity contribution in [3.8, 4) is 5.75 Å². The fourth-order valence-electron chi connectivity index (χ4n) is 4.00. The van der Waals surface area contributed by atoms with Crippen molar-refractivity contribution in [3.05, 3.63) is 87.7 Å². The molecule has 1 aliphatic heterocycles. The summed E-state index contributed by atoms with van der Waals surface area (Å²) in [6.45, 7) is 2.87. The van der Waals surface area contributed by atoms with E-state index in [0.29, 0.717) is 48.6 Å². The first-order valence-electron chi connectivity index (χ1n) is 10.5. The number of rotatable bonds is 5. The third-order valence-corrected chi connectivity index (χ3v) is 5.67. The molecule has 1 unspecified atom stereocenters. The topological polar surface area (TPSA) is 93.8 Å². The SMILES string of the molecule is COc1cc(=O)n2c(c1C(=O)NC(C)c1ccco1)CCN(C(=O)c1ccccc1)CC2. The smallest absolute Gasteiger partial charge is 0.257 e. The van der Waals surface area contributed by atoms with Gasteiger partial charge in [-0.1, -0.05) is 18.2 Å². The Balaban J connectivity index is 1.64. The number of pyridine rings is 1. The summed E-state index contributed by atoms with van der Waals surface area (Å²) in [5.74, 6) is 0.373. The lowest BCUT2D eigenvalue weighted by atomic mass is 10.1. The summed E-state index contributed by atoms with van der Waals surface area (Å²) in [5, 5.41) is 2.91. The molecule has 0 bridgehead atoms. The van der Waals surface area contributed by atoms with Gasteiger partial charge >= 0.3 is 0 Å². The molecule has 0 aliphatic carbocycles. The summed E-state index contributed by atoms with van der Waals surface area (Å²) in [7, 11) is 1.43. The molecule has 1 atom stereocenters. The number of carbonyl (C=O) groups is 2. The van der Waals surface area contributed by atoms with Crippen LogP contribution in [0.3, 0.4) is 0 Å². The molecule has 1 N–H and O–H groups in total. The first-order valence-corrected chi connectivity index (χ1v) is 10.5. The van der Waals surface area contributed by atoms with Gasteiger partial charge in [-0.15, -0.1) is 0 Å². The Morgan fingerprint density at radius 3 is 2.56 bits per heavy atom. The number of hydrogen-bond donors (Lipinski definition) is 1. The molecule has 0 fully saturated rings. The molecule has 8 nitrogen and oxygen atoms in total. The Bertz CT molecular complexity index is 1170. The zero-order valence-electron chi connectivity index (χ0n) is 18.0. The van der Waals surface area contributed by atoms with Crippen LogP contribution in [-0.4, -0.2) is 41.5 Å². The molecule has 166 valence electrons. The number of hydrogen-bond acceptors (Lipinski definition) is 5. The summed E-state index contributed by atoms with van der Waals surface area (Å²) in [5.41, 5.74) is 1.19. The Hall–Kier alpha value is -3.81. The molecule has 3 heterocycles. The van der Waals surface area contributed by atoms with E-state index in [9.17, 15) is 14.4 Å². The second kappa shape index (κ2) is 9.13. The monoisotopic (exact) mass is 435 g/mol. The van der Waals surface area contributed by atoms with Crippen LogP contribution in [0.2, 0.25) is 0 Å². The molecule has 8 heteroatoms. The Morgan fingerprint density at radius 2 is 1.88 bits per heavy atom. The molecule has 32 heavy (non-hydrogen) atoms. The van der Waals surface area contributed by atoms with Crippen LogP contribution in [-0.2, 0) is 13.0 Å². The summed E-state index contributed by atoms with van der Waals surface area (Å²) in [6, 6.07) is 13.5. The largest absolute Gasteiger partial charge is 0.496 e. The summed E-state index contributed by atoms with van der Waals surface area (Å²) < 4.78 is 12.3. The van der Waals surface area contributed by atoms with E-state index in [1.54, 1.807) is 40.0 Å². The molecule has 0 radical (unpaired) electrons. The lowest BCUT2D eigenvalue weighted by molar-refractivity contribution is 0.0759. The lowest BCUT2D eigenvalue weighted by Crippen LogP contribution is -2.34. The number of benzene rings is 1. The molecule has 0 spiro atoms. The van der Waals surface area contributed by atoms with Crippen molar-refractivity contribution in [2.75, 3.05) is 20.2 Å². The fourth-order valence-corrected chi connectivity index (χ4v) is 4.00. The number of aromatic nitrogens is 1. The highest BCUT2D eigenvalue weighted by molar-refractivity contribution is 5.98. The number of nitrogens with zero attached hydrogens (tertiary/aromatic N) is 2. The maximum absolute atomic E-state index is 13.2. The minimum atomic E-state index is -0.364. The maximum Gasteiger partial charge on any atom is 0.257 e. The predicted octanol–water partition coefficient (Wildman–Crippen LogP) is 2.64. The number of furan rings is 1. The van der Waals surface area contributed by atoms with Crippen molar-refractivity contribution in [2.24, 2.45) is 0 Å². The van der Waals surface area contributed by atoms with Gasteiger partial charge in [0.15, 0.2) is 0 Å². The number of ether oxygens (including phenoxy) is 1. The molecular weight excluding hydrogens is 410 g/mol. The number of nitrogens with one attached hydrogen (secondary N) is 1. The van der Waals surface area contributed by atoms with Gasteiger partial charge < -0.3 is 23.9 Å². The fraction of sp³-hybridized carbons (Fsp3) is 0.292. The van der Waals surface area contributed by atoms with Gasteiger partial charge in [-0.05, 0) is 31.2 Å². The molecule has 0 saturated heterocycles. The van der Waals surface area contributed by atoms with Crippen molar-refractivity contribution >= 4 is 11.8 Å². The second-order valence-electron chi connectivity index (χ2n) is 7.64. The van der Waals surface area contributed by atoms with Crippen LogP contribution in [0.1, 0.15) is 45.1 Å². The van der Waals surface area contributed by atoms with Gasteiger partial charge in [-0.25, -0.2) is 0 Å². The van der Waals surface area contributed by atoms with Gasteiger partial charge in [-0.3, -0.25) is 14.4 Å². The summed E-state index contributed by atoms with van der Waals surface area (Å²) in [6.07, 6.45) is 1.90. The minimum Gasteiger partial charge on any atom is -0.496 e. The van der Waals surface area contributed by atoms with E-state index >= 15 is 0 Å². The first kappa shape index (κ1) is 21.4. The van der Waals surface area contributed by atoms with E-state index in [4.69, 9.17) is 9.15 Å². The zero-order valence-corrected chi connectivity index (χ0v) is 18.0. The van der Waals surface area contributed by atoms with Gasteiger partial charge in [0.1, 0.15) is 17.1 Å². The standard InChI is InChI=1S/C24H25N3O5/c1-16(19-9-6-14-32-19)25-23(29)22-18-10-11-26(24(30)17-7-4-3-5-8-17)12-13-27(18)21(28)15-20(22)31-2/h3-9,14-16H,10-13H2,1-2H3,(H,25,29). The average molecular weight is 435 g/mol. The van der Waals surface area contributed by atoms with E-state index in [1.165, 1.54) is 13.2 Å². The van der Waals surface area contributed by atoms with Crippen molar-refractivity contribution in [3.63, 3.8) is 0 Å². The van der Waals surface area contributed by atoms with Crippen LogP contribution >= 0.6 is 0 Å². The quantitative estimate of drug-likeness (QED) is 0.665. The Morgan fingerprint density at radius 1 is 1.09 bits per heavy atom. The van der Waals surface area contributed by atoms with Crippen molar-refractivity contribution in [1.82, 2.24) is 14.8 Å². The maximum atomic E-state index is 13.2. The van der Waals surface area contributed by atoms with E-state index in [2.05, 4.69) is 5.32 Å². The van der Waals surface area contributed by atoms with Crippen molar-refractivity contribution in [2.45, 2.75) is 25.9 Å². The Labute approximate surface area is 185 Å². The highest BCUT2D eigenvalue weighted by Crippen LogP contribution is 2.24. The van der Waals surface area contributed by atoms with Gasteiger partial charge in [0.05, 0.1) is 19.4 Å². The third kappa shape index (κ3) is 4.16. The van der Waals surface area contributed by atoms with Crippen LogP contribution in [0.15, 0.2) is 64.0 Å². The molecule has 1 aliphatic rings. The first-order chi connectivity index (χ1) is 15.5. The predicted molar refractivity (Wildman–Crippen MR) is 118 cm³/mol. The zero-order chi connectivity index (χ0) is 22.7. The average Bonchev–Trinajstić information content (AvgIpc) is 3.26. The lowest BCUT2D eigenvalue weighted by Gasteiger charge is -2.20. The number of methoxy groups -OCH3 is 1. The van der Waals surface area contributed by atoms with Gasteiger partial charge in [0.25, 0.3) is 17.4 Å². The van der Waals surface area contributed by atoms with Crippen LogP contribution in [0.25, 0.3) is 0 Å². The second-order valence-corrected chi connectivity index (χ2v) is 7.64. The third-order valence-electron chi connectivity index (χ3n) is 5.67. The summed E-state index contributed by atoms with van der Waals surface area (Å²) >= 11 is 0. The molecule has 1 aromatic carbocycles. The van der Waals surface area contributed by atoms with Gasteiger partial charge in [-0.2, -0.15) is 0 Å². The number of amides is 2. The highest BCUT2D eigenvalue weighted by atomic mass is 16.5. The van der Waals surface area contributed by atoms with E-state index in [1.807, 2.05) is 25.1 Å². The van der Waals surface area contributed by atoms with Crippen LogP contribution in [0.4, 0.5) is 0 Å². The van der Waals surface area contributed by atoms with Crippen LogP contribution in [0.5, 0.6) is 5.75 Å².